The molecule has 0 atom stereocenters. The molecule has 0 aromatic rings. The van der Waals surface area contributed by atoms with Crippen molar-refractivity contribution in [2.75, 3.05) is 13.1 Å². The molecule has 3 N–H and O–H groups in total. The minimum Gasteiger partial charge on any atom is -0.370 e. The molecule has 0 unspecified atom stereocenters. The molecular formula is C12H24N2O2. The molecular weight excluding hydrogens is 204 g/mol. The van der Waals surface area contributed by atoms with Crippen LogP contribution in [0.15, 0.2) is 0 Å². The number of rotatable bonds is 11. The molecule has 1 amide bonds. The second kappa shape index (κ2) is 10.6. The van der Waals surface area contributed by atoms with Crippen molar-refractivity contribution < 1.29 is 9.59 Å². The van der Waals surface area contributed by atoms with Gasteiger partial charge in [-0.2, -0.15) is 0 Å². The van der Waals surface area contributed by atoms with Gasteiger partial charge in [0.2, 0.25) is 5.91 Å². The molecule has 94 valence electrons. The van der Waals surface area contributed by atoms with Crippen LogP contribution in [0.2, 0.25) is 0 Å². The van der Waals surface area contributed by atoms with Crippen molar-refractivity contribution in [1.29, 1.82) is 0 Å². The zero-order valence-electron chi connectivity index (χ0n) is 10.3. The number of Topliss-reactive ketones (excluding diaryl/α,β-unsaturated/α-hetero) is 1. The molecule has 16 heavy (non-hydrogen) atoms. The number of nitrogens with two attached hydrogens (primary N) is 1. The summed E-state index contributed by atoms with van der Waals surface area (Å²) in [5, 5.41) is 3.31. The van der Waals surface area contributed by atoms with Crippen LogP contribution in [0.4, 0.5) is 0 Å². The van der Waals surface area contributed by atoms with E-state index in [1.807, 2.05) is 0 Å². The molecule has 4 nitrogen and oxygen atoms in total. The van der Waals surface area contributed by atoms with E-state index < -0.39 is 0 Å². The zero-order chi connectivity index (χ0) is 12.2. The molecule has 0 bridgehead atoms. The maximum absolute atomic E-state index is 10.7. The fourth-order valence-corrected chi connectivity index (χ4v) is 1.47. The second-order valence-electron chi connectivity index (χ2n) is 4.19. The lowest BCUT2D eigenvalue weighted by molar-refractivity contribution is -0.118. The first kappa shape index (κ1) is 15.1. The first-order chi connectivity index (χ1) is 7.63. The van der Waals surface area contributed by atoms with Crippen LogP contribution in [0.1, 0.15) is 51.9 Å². The summed E-state index contributed by atoms with van der Waals surface area (Å²) in [6.07, 6.45) is 6.28. The Morgan fingerprint density at radius 2 is 1.50 bits per heavy atom. The van der Waals surface area contributed by atoms with E-state index in [-0.39, 0.29) is 11.7 Å². The topological polar surface area (TPSA) is 72.2 Å². The van der Waals surface area contributed by atoms with Gasteiger partial charge in [-0.15, -0.1) is 0 Å². The Bertz CT molecular complexity index is 183. The SMILES string of the molecule is CC(=O)CCCCCNCCCCC(N)=O. The Balaban J connectivity index is 2.98. The minimum absolute atomic E-state index is 0.218. The summed E-state index contributed by atoms with van der Waals surface area (Å²) in [6, 6.07) is 0. The Hall–Kier alpha value is -0.900. The number of hydrogen-bond donors (Lipinski definition) is 2. The molecule has 0 aromatic heterocycles. The van der Waals surface area contributed by atoms with Crippen LogP contribution < -0.4 is 11.1 Å². The number of hydrogen-bond acceptors (Lipinski definition) is 3. The van der Waals surface area contributed by atoms with E-state index in [4.69, 9.17) is 5.73 Å². The lowest BCUT2D eigenvalue weighted by atomic mass is 10.1. The fraction of sp³-hybridized carbons (Fsp3) is 0.833. The van der Waals surface area contributed by atoms with Gasteiger partial charge in [-0.25, -0.2) is 0 Å². The number of carbonyl (C=O) groups is 2. The van der Waals surface area contributed by atoms with E-state index in [0.29, 0.717) is 12.8 Å². The van der Waals surface area contributed by atoms with Crippen molar-refractivity contribution in [3.63, 3.8) is 0 Å². The minimum atomic E-state index is -0.218. The molecule has 0 saturated heterocycles. The van der Waals surface area contributed by atoms with Gasteiger partial charge in [0.25, 0.3) is 0 Å². The lowest BCUT2D eigenvalue weighted by Crippen LogP contribution is -2.17. The molecule has 0 aliphatic heterocycles. The zero-order valence-corrected chi connectivity index (χ0v) is 10.3. The van der Waals surface area contributed by atoms with E-state index in [1.165, 1.54) is 0 Å². The number of unbranched alkanes of at least 4 members (excludes halogenated alkanes) is 3. The Morgan fingerprint density at radius 3 is 2.06 bits per heavy atom. The van der Waals surface area contributed by atoms with E-state index in [2.05, 4.69) is 5.32 Å². The van der Waals surface area contributed by atoms with Crippen molar-refractivity contribution in [1.82, 2.24) is 5.32 Å². The van der Waals surface area contributed by atoms with E-state index in [0.717, 1.165) is 45.2 Å². The third-order valence-corrected chi connectivity index (χ3v) is 2.41. The van der Waals surface area contributed by atoms with Crippen LogP contribution in [0.5, 0.6) is 0 Å². The molecule has 0 aliphatic rings. The highest BCUT2D eigenvalue weighted by molar-refractivity contribution is 5.75. The fourth-order valence-electron chi connectivity index (χ4n) is 1.47. The summed E-state index contributed by atoms with van der Waals surface area (Å²) in [6.45, 7) is 3.57. The van der Waals surface area contributed by atoms with Crippen LogP contribution >= 0.6 is 0 Å². The third kappa shape index (κ3) is 13.1. The Morgan fingerprint density at radius 1 is 0.938 bits per heavy atom. The summed E-state index contributed by atoms with van der Waals surface area (Å²) in [4.78, 5) is 21.1. The van der Waals surface area contributed by atoms with E-state index in [9.17, 15) is 9.59 Å². The van der Waals surface area contributed by atoms with Crippen molar-refractivity contribution in [2.45, 2.75) is 51.9 Å². The second-order valence-corrected chi connectivity index (χ2v) is 4.19. The normalized spacial score (nSPS) is 10.3. The summed E-state index contributed by atoms with van der Waals surface area (Å²) in [5.74, 6) is 0.0589. The standard InChI is InChI=1S/C12H24N2O2/c1-11(15)7-3-2-5-9-14-10-6-4-8-12(13)16/h14H,2-10H2,1H3,(H2,13,16). The van der Waals surface area contributed by atoms with Crippen LogP contribution in [-0.4, -0.2) is 24.8 Å². The molecule has 0 fully saturated rings. The quantitative estimate of drug-likeness (QED) is 0.525. The van der Waals surface area contributed by atoms with Gasteiger partial charge < -0.3 is 15.8 Å². The maximum Gasteiger partial charge on any atom is 0.217 e. The number of ketones is 1. The highest BCUT2D eigenvalue weighted by atomic mass is 16.1. The number of nitrogens with one attached hydrogen (secondary N) is 1. The first-order valence-electron chi connectivity index (χ1n) is 6.11. The van der Waals surface area contributed by atoms with Crippen LogP contribution in [0.3, 0.4) is 0 Å². The summed E-state index contributed by atoms with van der Waals surface area (Å²) >= 11 is 0. The Kier molecular flexibility index (Phi) is 10.0. The number of primary amides is 1. The summed E-state index contributed by atoms with van der Waals surface area (Å²) in [5.41, 5.74) is 5.03. The molecule has 4 heteroatoms. The summed E-state index contributed by atoms with van der Waals surface area (Å²) < 4.78 is 0. The van der Waals surface area contributed by atoms with Crippen molar-refractivity contribution in [3.8, 4) is 0 Å². The molecule has 0 aromatic carbocycles. The van der Waals surface area contributed by atoms with Gasteiger partial charge in [0.15, 0.2) is 0 Å². The largest absolute Gasteiger partial charge is 0.370 e. The van der Waals surface area contributed by atoms with Crippen molar-refractivity contribution in [3.05, 3.63) is 0 Å². The first-order valence-corrected chi connectivity index (χ1v) is 6.11. The molecule has 0 saturated carbocycles. The highest BCUT2D eigenvalue weighted by Gasteiger charge is 1.95. The van der Waals surface area contributed by atoms with Gasteiger partial charge in [-0.05, 0) is 45.7 Å². The van der Waals surface area contributed by atoms with Gasteiger partial charge in [0, 0.05) is 12.8 Å². The van der Waals surface area contributed by atoms with Gasteiger partial charge in [-0.3, -0.25) is 4.79 Å². The predicted molar refractivity (Wildman–Crippen MR) is 65.1 cm³/mol. The van der Waals surface area contributed by atoms with Gasteiger partial charge in [-0.1, -0.05) is 6.42 Å². The number of amides is 1. The maximum atomic E-state index is 10.7. The molecule has 0 aliphatic carbocycles. The Labute approximate surface area is 98.0 Å². The van der Waals surface area contributed by atoms with Crippen LogP contribution in [0.25, 0.3) is 0 Å². The third-order valence-electron chi connectivity index (χ3n) is 2.41. The monoisotopic (exact) mass is 228 g/mol. The van der Waals surface area contributed by atoms with Crippen molar-refractivity contribution >= 4 is 11.7 Å². The predicted octanol–water partition coefficient (Wildman–Crippen LogP) is 1.38. The average Bonchev–Trinajstić information content (AvgIpc) is 2.20. The smallest absolute Gasteiger partial charge is 0.217 e. The van der Waals surface area contributed by atoms with Gasteiger partial charge in [0.05, 0.1) is 0 Å². The van der Waals surface area contributed by atoms with E-state index >= 15 is 0 Å². The molecule has 0 rings (SSSR count). The molecule has 0 spiro atoms. The van der Waals surface area contributed by atoms with E-state index in [1.54, 1.807) is 6.92 Å². The van der Waals surface area contributed by atoms with Crippen LogP contribution in [0, 0.1) is 0 Å². The average molecular weight is 228 g/mol. The molecule has 0 heterocycles. The highest BCUT2D eigenvalue weighted by Crippen LogP contribution is 1.99. The van der Waals surface area contributed by atoms with Crippen molar-refractivity contribution in [2.24, 2.45) is 5.73 Å². The lowest BCUT2D eigenvalue weighted by Gasteiger charge is -2.03. The summed E-state index contributed by atoms with van der Waals surface area (Å²) in [7, 11) is 0. The molecule has 0 radical (unpaired) electrons. The number of carbonyl (C=O) groups excluding carboxylic acids is 2. The van der Waals surface area contributed by atoms with Crippen LogP contribution in [-0.2, 0) is 9.59 Å². The van der Waals surface area contributed by atoms with Gasteiger partial charge in [0.1, 0.15) is 5.78 Å². The van der Waals surface area contributed by atoms with Gasteiger partial charge >= 0.3 is 0 Å².